The molecule has 2 saturated carbocycles. The van der Waals surface area contributed by atoms with Gasteiger partial charge in [0.2, 0.25) is 12.0 Å². The number of aldehydes is 1. The Morgan fingerprint density at radius 2 is 1.78 bits per heavy atom. The van der Waals surface area contributed by atoms with E-state index in [0.717, 1.165) is 60.8 Å². The molecule has 4 aliphatic rings. The molecule has 2 bridgehead atoms. The average Bonchev–Trinajstić information content (AvgIpc) is 3.26. The molecule has 340 valence electrons. The molecule has 2 heterocycles. The van der Waals surface area contributed by atoms with Crippen LogP contribution < -0.4 is 26.9 Å². The zero-order valence-electron chi connectivity index (χ0n) is 35.5. The van der Waals surface area contributed by atoms with E-state index in [4.69, 9.17) is 25.4 Å². The fraction of sp³-hybridized carbons (Fsp3) is 0.447. The molecule has 1 aromatic heterocycles. The van der Waals surface area contributed by atoms with Crippen molar-refractivity contribution in [3.05, 3.63) is 81.5 Å². The van der Waals surface area contributed by atoms with Gasteiger partial charge >= 0.3 is 5.97 Å². The Kier molecular flexibility index (Phi) is 11.8. The number of guanidine groups is 1. The van der Waals surface area contributed by atoms with Crippen molar-refractivity contribution in [2.45, 2.75) is 88.1 Å². The van der Waals surface area contributed by atoms with Crippen LogP contribution in [0.1, 0.15) is 68.6 Å². The van der Waals surface area contributed by atoms with Crippen LogP contribution in [-0.2, 0) is 14.3 Å². The van der Waals surface area contributed by atoms with Crippen molar-refractivity contribution in [2.75, 3.05) is 13.6 Å². The van der Waals surface area contributed by atoms with Gasteiger partial charge in [-0.1, -0.05) is 50.6 Å². The summed E-state index contributed by atoms with van der Waals surface area (Å²) in [6, 6.07) is 14.7. The molecule has 0 spiro atoms. The van der Waals surface area contributed by atoms with E-state index in [1.54, 1.807) is 12.1 Å². The van der Waals surface area contributed by atoms with Crippen molar-refractivity contribution in [3.63, 3.8) is 0 Å². The van der Waals surface area contributed by atoms with Gasteiger partial charge in [0.25, 0.3) is 0 Å². The minimum Gasteiger partial charge on any atom is -0.508 e. The van der Waals surface area contributed by atoms with E-state index in [0.29, 0.717) is 35.3 Å². The summed E-state index contributed by atoms with van der Waals surface area (Å²) in [5.41, 5.74) is 9.79. The minimum absolute atomic E-state index is 0.0223. The third-order valence-electron chi connectivity index (χ3n) is 14.1. The highest BCUT2D eigenvalue weighted by Gasteiger charge is 2.60. The third kappa shape index (κ3) is 7.44. The summed E-state index contributed by atoms with van der Waals surface area (Å²) in [5.74, 6) is -4.24. The maximum atomic E-state index is 13.9. The Labute approximate surface area is 367 Å². The third-order valence-corrected chi connectivity index (χ3v) is 14.1. The molecule has 0 unspecified atom stereocenters. The van der Waals surface area contributed by atoms with Gasteiger partial charge in [0.15, 0.2) is 29.0 Å². The van der Waals surface area contributed by atoms with Gasteiger partial charge in [0, 0.05) is 35.1 Å². The standard InChI is InChI=1S/C47H54N4O13/c1-21(2)8-9-22-14-35(50-3)46(20-52)18-24(22)13-29-26-7-5-4-6-23(26)12-30(37(29)46)28-15-25(53)10-11-27(28)32-16-31(54)36-33(62-32)17-34(38(55)39(36)56)63-44-42(58)47(61,19-51-45(48)49)41(57)40(64-44)43(59)60/h4-7,10-12,15-17,20-22,24,29,35,37,40-42,44,50,53,55-58,61H,8-9,13-14,18-19H2,1-3H3,(H,59,60)(H4,48,49,51)/t22-,24+,29-,35+,37+,40-,41+,42-,44+,46+,47-/m0/s1. The Morgan fingerprint density at radius 1 is 1.03 bits per heavy atom. The molecule has 3 aliphatic carbocycles. The number of aliphatic imine (C=N–C) groups is 1. The van der Waals surface area contributed by atoms with Crippen LogP contribution in [0.25, 0.3) is 33.9 Å². The lowest BCUT2D eigenvalue weighted by Crippen LogP contribution is -2.70. The van der Waals surface area contributed by atoms with Gasteiger partial charge in [0.05, 0.1) is 6.54 Å². The number of carbonyl (C=O) groups is 2. The minimum atomic E-state index is -2.76. The maximum absolute atomic E-state index is 13.9. The molecule has 11 atom stereocenters. The van der Waals surface area contributed by atoms with E-state index in [2.05, 4.69) is 30.2 Å². The van der Waals surface area contributed by atoms with E-state index in [1.807, 2.05) is 31.3 Å². The van der Waals surface area contributed by atoms with Crippen molar-refractivity contribution >= 4 is 40.8 Å². The van der Waals surface area contributed by atoms with Crippen molar-refractivity contribution < 1.29 is 59.2 Å². The molecule has 0 radical (unpaired) electrons. The van der Waals surface area contributed by atoms with Gasteiger partial charge in [-0.05, 0) is 96.9 Å². The molecule has 1 saturated heterocycles. The molecule has 64 heavy (non-hydrogen) atoms. The molecule has 12 N–H and O–H groups in total. The van der Waals surface area contributed by atoms with Crippen molar-refractivity contribution in [1.29, 1.82) is 0 Å². The molecular weight excluding hydrogens is 829 g/mol. The van der Waals surface area contributed by atoms with Crippen molar-refractivity contribution in [3.8, 4) is 34.3 Å². The number of phenolic OH excluding ortho intramolecular Hbond substituents is 3. The number of allylic oxidation sites excluding steroid dienone is 1. The van der Waals surface area contributed by atoms with Crippen LogP contribution in [0.3, 0.4) is 0 Å². The summed E-state index contributed by atoms with van der Waals surface area (Å²) in [6.45, 7) is 3.57. The number of phenols is 3. The lowest BCUT2D eigenvalue weighted by atomic mass is 9.45. The normalized spacial score (nSPS) is 30.8. The summed E-state index contributed by atoms with van der Waals surface area (Å²) in [7, 11) is 1.90. The molecule has 17 nitrogen and oxygen atoms in total. The molecule has 1 aliphatic heterocycles. The fourth-order valence-electron chi connectivity index (χ4n) is 11.0. The quantitative estimate of drug-likeness (QED) is 0.0422. The van der Waals surface area contributed by atoms with E-state index in [1.165, 1.54) is 6.07 Å². The van der Waals surface area contributed by atoms with Crippen LogP contribution in [0.15, 0.2) is 68.8 Å². The Bertz CT molecular complexity index is 2610. The number of hydrogen-bond acceptors (Lipinski definition) is 14. The highest BCUT2D eigenvalue weighted by molar-refractivity contribution is 5.95. The first-order valence-electron chi connectivity index (χ1n) is 21.4. The summed E-state index contributed by atoms with van der Waals surface area (Å²) >= 11 is 0. The second-order valence-electron chi connectivity index (χ2n) is 18.2. The monoisotopic (exact) mass is 882 g/mol. The van der Waals surface area contributed by atoms with Crippen LogP contribution in [-0.4, -0.2) is 104 Å². The van der Waals surface area contributed by atoms with Gasteiger partial charge in [-0.25, -0.2) is 4.79 Å². The van der Waals surface area contributed by atoms with Crippen LogP contribution in [0.5, 0.6) is 23.0 Å². The van der Waals surface area contributed by atoms with Crippen molar-refractivity contribution in [1.82, 2.24) is 5.32 Å². The zero-order valence-corrected chi connectivity index (χ0v) is 35.5. The Morgan fingerprint density at radius 3 is 2.47 bits per heavy atom. The Balaban J connectivity index is 1.24. The zero-order chi connectivity index (χ0) is 46.0. The predicted molar refractivity (Wildman–Crippen MR) is 234 cm³/mol. The second kappa shape index (κ2) is 16.9. The van der Waals surface area contributed by atoms with Gasteiger partial charge in [-0.3, -0.25) is 9.79 Å². The lowest BCUT2D eigenvalue weighted by molar-refractivity contribution is -0.303. The van der Waals surface area contributed by atoms with Crippen LogP contribution in [0, 0.1) is 29.1 Å². The summed E-state index contributed by atoms with van der Waals surface area (Å²) in [5, 5.41) is 79.4. The van der Waals surface area contributed by atoms with Crippen LogP contribution in [0.4, 0.5) is 0 Å². The SMILES string of the molecule is CN[C@@H]1C[C@H](CCC(C)C)[C@@H]2C[C@H]3c4ccccc4C=C(c4cc(O)ccc4-c4cc(=O)c5c(O)c(O)c(O[C@@H]6O[C@H](C(=O)O)[C@@H](O)[C@@](O)(CN=C(N)N)[C@H]6O)cc5o4)[C@@H]3[C@@]1(C=O)C2. The number of ether oxygens (including phenoxy) is 2. The predicted octanol–water partition coefficient (Wildman–Crippen LogP) is 3.38. The number of aliphatic carboxylic acids is 1. The summed E-state index contributed by atoms with van der Waals surface area (Å²) in [6.07, 6.45) is -1.17. The second-order valence-corrected chi connectivity index (χ2v) is 18.2. The van der Waals surface area contributed by atoms with E-state index in [-0.39, 0.29) is 35.0 Å². The number of carboxylic acid groups (broad SMARTS) is 1. The highest BCUT2D eigenvalue weighted by Crippen LogP contribution is 2.64. The van der Waals surface area contributed by atoms with Crippen LogP contribution >= 0.6 is 0 Å². The molecule has 0 amide bonds. The number of fused-ring (bicyclic) bond motifs is 7. The van der Waals surface area contributed by atoms with Crippen molar-refractivity contribution in [2.24, 2.45) is 45.5 Å². The topological polar surface area (TPSA) is 301 Å². The van der Waals surface area contributed by atoms with Crippen LogP contribution in [0.2, 0.25) is 0 Å². The van der Waals surface area contributed by atoms with E-state index < -0.39 is 82.2 Å². The molecule has 3 aromatic carbocycles. The number of hydrogen-bond donors (Lipinski definition) is 10. The molecule has 17 heteroatoms. The number of aliphatic hydroxyl groups excluding tert-OH is 2. The first-order valence-corrected chi connectivity index (χ1v) is 21.4. The largest absolute Gasteiger partial charge is 0.508 e. The first-order chi connectivity index (χ1) is 30.4. The number of rotatable bonds is 12. The number of benzene rings is 3. The first kappa shape index (κ1) is 44.6. The van der Waals surface area contributed by atoms with Gasteiger partial charge < -0.3 is 71.2 Å². The maximum Gasteiger partial charge on any atom is 0.335 e. The molecule has 3 fully saturated rings. The number of aromatic hydroxyl groups is 3. The smallest absolute Gasteiger partial charge is 0.335 e. The average molecular weight is 883 g/mol. The lowest BCUT2D eigenvalue weighted by Gasteiger charge is -2.59. The molecule has 4 aromatic rings. The number of nitrogens with one attached hydrogen (secondary N) is 1. The van der Waals surface area contributed by atoms with E-state index >= 15 is 0 Å². The van der Waals surface area contributed by atoms with Gasteiger partial charge in [0.1, 0.15) is 46.6 Å². The van der Waals surface area contributed by atoms with Gasteiger partial charge in [-0.15, -0.1) is 0 Å². The van der Waals surface area contributed by atoms with Gasteiger partial charge in [-0.2, -0.15) is 0 Å². The molecular formula is C47H54N4O13. The number of carboxylic acids is 1. The number of carbonyl (C=O) groups excluding carboxylic acids is 1. The summed E-state index contributed by atoms with van der Waals surface area (Å²) in [4.78, 5) is 43.5. The fourth-order valence-corrected chi connectivity index (χ4v) is 11.0. The number of nitrogens with zero attached hydrogens (tertiary/aromatic N) is 1. The number of aliphatic hydroxyl groups is 3. The molecule has 8 rings (SSSR count). The summed E-state index contributed by atoms with van der Waals surface area (Å²) < 4.78 is 17.3. The number of nitrogens with two attached hydrogens (primary N) is 2. The highest BCUT2D eigenvalue weighted by atomic mass is 16.7. The Hall–Kier alpha value is -5.98. The van der Waals surface area contributed by atoms with E-state index in [9.17, 15) is 50.1 Å².